The molecule has 0 bridgehead atoms. The van der Waals surface area contributed by atoms with Crippen LogP contribution in [0.5, 0.6) is 0 Å². The molecule has 2 nitrogen and oxygen atoms in total. The Kier molecular flexibility index (Phi) is 3.92. The summed E-state index contributed by atoms with van der Waals surface area (Å²) < 4.78 is 4.80. The number of thiol groups is 1. The van der Waals surface area contributed by atoms with Gasteiger partial charge in [0.25, 0.3) is 0 Å². The molecule has 0 amide bonds. The fourth-order valence-electron chi connectivity index (χ4n) is 0.769. The van der Waals surface area contributed by atoms with Crippen molar-refractivity contribution in [3.63, 3.8) is 0 Å². The predicted octanol–water partition coefficient (Wildman–Crippen LogP) is 1.84. The van der Waals surface area contributed by atoms with Crippen molar-refractivity contribution < 1.29 is 9.53 Å². The van der Waals surface area contributed by atoms with Crippen molar-refractivity contribution in [3.05, 3.63) is 35.9 Å². The minimum absolute atomic E-state index is 0.0347. The highest BCUT2D eigenvalue weighted by atomic mass is 32.1. The average molecular weight is 212 g/mol. The van der Waals surface area contributed by atoms with Crippen molar-refractivity contribution >= 4 is 35.9 Å². The van der Waals surface area contributed by atoms with Crippen molar-refractivity contribution in [2.45, 2.75) is 0 Å². The van der Waals surface area contributed by atoms with Gasteiger partial charge < -0.3 is 4.74 Å². The second-order valence-corrected chi connectivity index (χ2v) is 2.97. The van der Waals surface area contributed by atoms with Gasteiger partial charge >= 0.3 is 5.97 Å². The maximum absolute atomic E-state index is 10.8. The van der Waals surface area contributed by atoms with Crippen LogP contribution >= 0.6 is 24.8 Å². The number of carbonyl (C=O) groups excluding carboxylic acids is 1. The monoisotopic (exact) mass is 212 g/mol. The molecule has 0 unspecified atom stereocenters. The topological polar surface area (TPSA) is 26.3 Å². The van der Waals surface area contributed by atoms with E-state index in [1.54, 1.807) is 12.1 Å². The first kappa shape index (κ1) is 10.2. The number of esters is 1. The van der Waals surface area contributed by atoms with Crippen LogP contribution in [0.3, 0.4) is 0 Å². The summed E-state index contributed by atoms with van der Waals surface area (Å²) in [4.78, 5) is 10.8. The fraction of sp³-hybridized carbons (Fsp3) is 0.111. The Hall–Kier alpha value is -0.870. The molecule has 4 heteroatoms. The maximum atomic E-state index is 10.8. The van der Waals surface area contributed by atoms with Gasteiger partial charge in [-0.1, -0.05) is 30.3 Å². The predicted molar refractivity (Wildman–Crippen MR) is 58.1 cm³/mol. The lowest BCUT2D eigenvalue weighted by atomic mass is 10.2. The zero-order chi connectivity index (χ0) is 9.68. The number of hydrogen-bond acceptors (Lipinski definition) is 4. The van der Waals surface area contributed by atoms with Gasteiger partial charge in [0.15, 0.2) is 0 Å². The second-order valence-electron chi connectivity index (χ2n) is 2.29. The summed E-state index contributed by atoms with van der Waals surface area (Å²) in [5, 5.41) is 0.194. The lowest BCUT2D eigenvalue weighted by Gasteiger charge is -2.02. The molecule has 0 heterocycles. The Balaban J connectivity index is 2.65. The van der Waals surface area contributed by atoms with Crippen molar-refractivity contribution in [1.29, 1.82) is 0 Å². The van der Waals surface area contributed by atoms with E-state index in [9.17, 15) is 4.79 Å². The molecule has 0 fully saturated rings. The van der Waals surface area contributed by atoms with E-state index < -0.39 is 5.97 Å². The molecule has 13 heavy (non-hydrogen) atoms. The Morgan fingerprint density at radius 2 is 2.00 bits per heavy atom. The number of thiocarbonyl (C=S) groups is 1. The van der Waals surface area contributed by atoms with Gasteiger partial charge in [-0.25, -0.2) is 0 Å². The summed E-state index contributed by atoms with van der Waals surface area (Å²) in [6.07, 6.45) is 0. The third kappa shape index (κ3) is 3.16. The molecule has 0 atom stereocenters. The molecule has 0 aliphatic heterocycles. The Labute approximate surface area is 87.3 Å². The van der Waals surface area contributed by atoms with Crippen LogP contribution < -0.4 is 0 Å². The van der Waals surface area contributed by atoms with Crippen LogP contribution in [0.1, 0.15) is 5.56 Å². The van der Waals surface area contributed by atoms with Gasteiger partial charge in [-0.05, 0) is 12.2 Å². The van der Waals surface area contributed by atoms with Crippen molar-refractivity contribution in [3.8, 4) is 0 Å². The highest BCUT2D eigenvalue weighted by Gasteiger charge is 2.06. The number of ether oxygens (including phenoxy) is 1. The smallest absolute Gasteiger partial charge is 0.321 e. The van der Waals surface area contributed by atoms with Crippen LogP contribution in [0.2, 0.25) is 0 Å². The van der Waals surface area contributed by atoms with Crippen molar-refractivity contribution in [2.24, 2.45) is 0 Å². The second kappa shape index (κ2) is 4.99. The Morgan fingerprint density at radius 3 is 2.54 bits per heavy atom. The van der Waals surface area contributed by atoms with E-state index in [2.05, 4.69) is 12.6 Å². The molecule has 68 valence electrons. The van der Waals surface area contributed by atoms with E-state index in [4.69, 9.17) is 17.0 Å². The van der Waals surface area contributed by atoms with Gasteiger partial charge in [0.1, 0.15) is 0 Å². The first-order chi connectivity index (χ1) is 6.24. The fourth-order valence-corrected chi connectivity index (χ4v) is 1.06. The molecule has 0 saturated heterocycles. The molecule has 0 aliphatic carbocycles. The van der Waals surface area contributed by atoms with Crippen molar-refractivity contribution in [1.82, 2.24) is 0 Å². The molecule has 0 radical (unpaired) electrons. The largest absolute Gasteiger partial charge is 0.413 e. The third-order valence-corrected chi connectivity index (χ3v) is 1.92. The molecular formula is C9H8O2S2. The summed E-state index contributed by atoms with van der Waals surface area (Å²) in [6, 6.07) is 9.10. The lowest BCUT2D eigenvalue weighted by Crippen LogP contribution is -2.12. The highest BCUT2D eigenvalue weighted by Crippen LogP contribution is 2.02. The summed E-state index contributed by atoms with van der Waals surface area (Å²) in [6.45, 7) is 0. The summed E-state index contributed by atoms with van der Waals surface area (Å²) in [5.74, 6) is -0.398. The highest BCUT2D eigenvalue weighted by molar-refractivity contribution is 7.81. The normalized spacial score (nSPS) is 9.31. The van der Waals surface area contributed by atoms with Gasteiger partial charge in [-0.15, -0.1) is 0 Å². The number of hydrogen-bond donors (Lipinski definition) is 1. The van der Waals surface area contributed by atoms with Gasteiger partial charge in [0, 0.05) is 5.56 Å². The van der Waals surface area contributed by atoms with E-state index in [0.717, 1.165) is 5.56 Å². The molecule has 0 aromatic heterocycles. The van der Waals surface area contributed by atoms with Crippen LogP contribution in [-0.4, -0.2) is 16.8 Å². The first-order valence-electron chi connectivity index (χ1n) is 3.65. The quantitative estimate of drug-likeness (QED) is 0.460. The SMILES string of the molecule is O=C(CS)OC(=S)c1ccccc1. The van der Waals surface area contributed by atoms with E-state index in [1.165, 1.54) is 0 Å². The standard InChI is InChI=1S/C9H8O2S2/c10-8(6-12)11-9(13)7-4-2-1-3-5-7/h1-5,12H,6H2. The summed E-state index contributed by atoms with van der Waals surface area (Å²) >= 11 is 8.65. The van der Waals surface area contributed by atoms with Crippen molar-refractivity contribution in [2.75, 3.05) is 5.75 Å². The summed E-state index contributed by atoms with van der Waals surface area (Å²) in [7, 11) is 0. The van der Waals surface area contributed by atoms with Crippen LogP contribution in [0, 0.1) is 0 Å². The zero-order valence-corrected chi connectivity index (χ0v) is 8.48. The van der Waals surface area contributed by atoms with E-state index >= 15 is 0 Å². The first-order valence-corrected chi connectivity index (χ1v) is 4.69. The molecule has 1 aromatic rings. The number of rotatable bonds is 2. The molecule has 1 aromatic carbocycles. The van der Waals surface area contributed by atoms with Crippen LogP contribution in [-0.2, 0) is 9.53 Å². The lowest BCUT2D eigenvalue weighted by molar-refractivity contribution is -0.132. The van der Waals surface area contributed by atoms with Crippen LogP contribution in [0.4, 0.5) is 0 Å². The maximum Gasteiger partial charge on any atom is 0.321 e. The van der Waals surface area contributed by atoms with E-state index in [0.29, 0.717) is 0 Å². The molecule has 1 rings (SSSR count). The molecule has 0 spiro atoms. The Bertz CT molecular complexity index is 309. The van der Waals surface area contributed by atoms with Gasteiger partial charge in [0.05, 0.1) is 5.75 Å². The molecule has 0 aliphatic rings. The zero-order valence-electron chi connectivity index (χ0n) is 6.77. The van der Waals surface area contributed by atoms with Crippen LogP contribution in [0.25, 0.3) is 0 Å². The van der Waals surface area contributed by atoms with Gasteiger partial charge in [-0.3, -0.25) is 4.79 Å². The Morgan fingerprint density at radius 1 is 1.38 bits per heavy atom. The minimum Gasteiger partial charge on any atom is -0.413 e. The molecule has 0 saturated carbocycles. The minimum atomic E-state index is -0.433. The summed E-state index contributed by atoms with van der Waals surface area (Å²) in [5.41, 5.74) is 0.729. The average Bonchev–Trinajstić information content (AvgIpc) is 2.19. The molecular weight excluding hydrogens is 204 g/mol. The molecule has 0 N–H and O–H groups in total. The third-order valence-electron chi connectivity index (χ3n) is 1.35. The van der Waals surface area contributed by atoms with Crippen LogP contribution in [0.15, 0.2) is 30.3 Å². The number of benzene rings is 1. The van der Waals surface area contributed by atoms with E-state index in [-0.39, 0.29) is 10.8 Å². The van der Waals surface area contributed by atoms with Gasteiger partial charge in [-0.2, -0.15) is 12.6 Å². The van der Waals surface area contributed by atoms with Gasteiger partial charge in [0.2, 0.25) is 5.05 Å². The van der Waals surface area contributed by atoms with E-state index in [1.807, 2.05) is 18.2 Å². The number of carbonyl (C=O) groups is 1.